The van der Waals surface area contributed by atoms with Gasteiger partial charge in [0.2, 0.25) is 0 Å². The predicted octanol–water partition coefficient (Wildman–Crippen LogP) is 3.01. The van der Waals surface area contributed by atoms with Crippen molar-refractivity contribution in [3.63, 3.8) is 0 Å². The van der Waals surface area contributed by atoms with Gasteiger partial charge in [0.1, 0.15) is 5.52 Å². The van der Waals surface area contributed by atoms with Crippen molar-refractivity contribution in [2.24, 2.45) is 5.73 Å². The first-order valence-corrected chi connectivity index (χ1v) is 6.88. The molecule has 2 aromatic heterocycles. The van der Waals surface area contributed by atoms with Crippen molar-refractivity contribution in [2.75, 3.05) is 6.54 Å². The number of pyridine rings is 1. The van der Waals surface area contributed by atoms with Crippen LogP contribution in [0.4, 0.5) is 0 Å². The molecule has 0 bridgehead atoms. The summed E-state index contributed by atoms with van der Waals surface area (Å²) in [6.45, 7) is 0.487. The highest BCUT2D eigenvalue weighted by Crippen LogP contribution is 2.34. The van der Waals surface area contributed by atoms with Gasteiger partial charge in [-0.25, -0.2) is 4.98 Å². The lowest BCUT2D eigenvalue weighted by atomic mass is 10.3. The summed E-state index contributed by atoms with van der Waals surface area (Å²) in [5.74, 6) is 0. The fraction of sp³-hybridized carbons (Fsp3) is 0.143. The molecule has 0 aliphatic carbocycles. The molecule has 1 unspecified atom stereocenters. The second kappa shape index (κ2) is 5.42. The summed E-state index contributed by atoms with van der Waals surface area (Å²) in [7, 11) is 0. The molecule has 2 N–H and O–H groups in total. The van der Waals surface area contributed by atoms with Crippen molar-refractivity contribution < 1.29 is 4.42 Å². The standard InChI is InChI=1S/C14H13N3OS/c15-9-13(11-6-3-4-8-16-11)19-14-17-10-5-1-2-7-12(10)18-14/h1-8,13H,9,15H2. The van der Waals surface area contributed by atoms with E-state index in [4.69, 9.17) is 10.2 Å². The summed E-state index contributed by atoms with van der Waals surface area (Å²) < 4.78 is 5.69. The number of hydrogen-bond donors (Lipinski definition) is 1. The number of thioether (sulfide) groups is 1. The Kier molecular flexibility index (Phi) is 3.48. The fourth-order valence-electron chi connectivity index (χ4n) is 1.82. The molecule has 1 atom stereocenters. The van der Waals surface area contributed by atoms with Crippen LogP contribution in [0, 0.1) is 0 Å². The van der Waals surface area contributed by atoms with Gasteiger partial charge in [-0.2, -0.15) is 0 Å². The molecular weight excluding hydrogens is 258 g/mol. The molecule has 1 aromatic carbocycles. The van der Waals surface area contributed by atoms with E-state index in [0.717, 1.165) is 16.8 Å². The van der Waals surface area contributed by atoms with E-state index < -0.39 is 0 Å². The summed E-state index contributed by atoms with van der Waals surface area (Å²) in [6.07, 6.45) is 1.77. The molecule has 0 radical (unpaired) electrons. The van der Waals surface area contributed by atoms with E-state index in [1.54, 1.807) is 6.20 Å². The Hall–Kier alpha value is -1.85. The average molecular weight is 271 g/mol. The number of benzene rings is 1. The SMILES string of the molecule is NCC(Sc1nc2ccccc2o1)c1ccccn1. The smallest absolute Gasteiger partial charge is 0.257 e. The molecule has 0 saturated carbocycles. The molecule has 3 aromatic rings. The first-order valence-electron chi connectivity index (χ1n) is 6.00. The zero-order valence-corrected chi connectivity index (χ0v) is 11.0. The first-order chi connectivity index (χ1) is 9.36. The summed E-state index contributed by atoms with van der Waals surface area (Å²) in [5.41, 5.74) is 8.41. The molecule has 3 rings (SSSR count). The summed E-state index contributed by atoms with van der Waals surface area (Å²) in [4.78, 5) is 8.77. The normalized spacial score (nSPS) is 12.7. The van der Waals surface area contributed by atoms with Gasteiger partial charge in [0.05, 0.1) is 10.9 Å². The van der Waals surface area contributed by atoms with Crippen LogP contribution in [0.15, 0.2) is 58.3 Å². The van der Waals surface area contributed by atoms with Crippen LogP contribution in [-0.4, -0.2) is 16.5 Å². The molecular formula is C14H13N3OS. The molecule has 2 heterocycles. The van der Waals surface area contributed by atoms with Crippen LogP contribution in [0.5, 0.6) is 0 Å². The lowest BCUT2D eigenvalue weighted by molar-refractivity contribution is 0.488. The van der Waals surface area contributed by atoms with Crippen LogP contribution in [0.25, 0.3) is 11.1 Å². The molecule has 96 valence electrons. The largest absolute Gasteiger partial charge is 0.431 e. The molecule has 4 nitrogen and oxygen atoms in total. The summed E-state index contributed by atoms with van der Waals surface area (Å²) in [5, 5.41) is 0.677. The second-order valence-corrected chi connectivity index (χ2v) is 5.20. The van der Waals surface area contributed by atoms with E-state index in [1.165, 1.54) is 11.8 Å². The third-order valence-electron chi connectivity index (χ3n) is 2.75. The van der Waals surface area contributed by atoms with Gasteiger partial charge in [0.15, 0.2) is 5.58 Å². The Morgan fingerprint density at radius 2 is 2.00 bits per heavy atom. The van der Waals surface area contributed by atoms with E-state index in [2.05, 4.69) is 9.97 Å². The molecule has 0 amide bonds. The van der Waals surface area contributed by atoms with Gasteiger partial charge in [0, 0.05) is 12.7 Å². The van der Waals surface area contributed by atoms with Crippen LogP contribution >= 0.6 is 11.8 Å². The van der Waals surface area contributed by atoms with Gasteiger partial charge >= 0.3 is 0 Å². The van der Waals surface area contributed by atoms with Crippen LogP contribution in [0.1, 0.15) is 10.9 Å². The quantitative estimate of drug-likeness (QED) is 0.739. The number of oxazole rings is 1. The molecule has 0 aliphatic heterocycles. The zero-order valence-electron chi connectivity index (χ0n) is 10.2. The van der Waals surface area contributed by atoms with E-state index in [0.29, 0.717) is 11.8 Å². The average Bonchev–Trinajstić information content (AvgIpc) is 2.88. The van der Waals surface area contributed by atoms with Crippen LogP contribution in [0.2, 0.25) is 0 Å². The van der Waals surface area contributed by atoms with Crippen LogP contribution in [0.3, 0.4) is 0 Å². The fourth-order valence-corrected chi connectivity index (χ4v) is 2.71. The van der Waals surface area contributed by atoms with Gasteiger partial charge in [-0.15, -0.1) is 0 Å². The highest BCUT2D eigenvalue weighted by Gasteiger charge is 2.16. The number of para-hydroxylation sites is 2. The number of fused-ring (bicyclic) bond motifs is 1. The molecule has 0 fully saturated rings. The lowest BCUT2D eigenvalue weighted by Crippen LogP contribution is -2.10. The minimum Gasteiger partial charge on any atom is -0.431 e. The van der Waals surface area contributed by atoms with Gasteiger partial charge in [0.25, 0.3) is 5.22 Å². The van der Waals surface area contributed by atoms with Crippen molar-refractivity contribution in [1.82, 2.24) is 9.97 Å². The third-order valence-corrected chi connectivity index (χ3v) is 3.84. The highest BCUT2D eigenvalue weighted by molar-refractivity contribution is 7.99. The maximum atomic E-state index is 5.82. The zero-order chi connectivity index (χ0) is 13.1. The van der Waals surface area contributed by atoms with Gasteiger partial charge in [-0.1, -0.05) is 30.0 Å². The van der Waals surface area contributed by atoms with Crippen molar-refractivity contribution in [3.05, 3.63) is 54.4 Å². The van der Waals surface area contributed by atoms with Crippen molar-refractivity contribution in [3.8, 4) is 0 Å². The Bertz CT molecular complexity index is 636. The second-order valence-electron chi connectivity index (χ2n) is 4.04. The maximum Gasteiger partial charge on any atom is 0.257 e. The minimum absolute atomic E-state index is 0.0502. The first kappa shape index (κ1) is 12.2. The van der Waals surface area contributed by atoms with E-state index in [-0.39, 0.29) is 5.25 Å². The Morgan fingerprint density at radius 3 is 2.74 bits per heavy atom. The van der Waals surface area contributed by atoms with E-state index >= 15 is 0 Å². The van der Waals surface area contributed by atoms with Crippen LogP contribution in [-0.2, 0) is 0 Å². The molecule has 0 spiro atoms. The molecule has 0 saturated heterocycles. The van der Waals surface area contributed by atoms with Crippen molar-refractivity contribution in [1.29, 1.82) is 0 Å². The number of aromatic nitrogens is 2. The number of nitrogens with zero attached hydrogens (tertiary/aromatic N) is 2. The number of rotatable bonds is 4. The van der Waals surface area contributed by atoms with E-state index in [9.17, 15) is 0 Å². The lowest BCUT2D eigenvalue weighted by Gasteiger charge is -2.10. The van der Waals surface area contributed by atoms with Gasteiger partial charge in [-0.3, -0.25) is 4.98 Å². The van der Waals surface area contributed by atoms with Crippen LogP contribution < -0.4 is 5.73 Å². The monoisotopic (exact) mass is 271 g/mol. The maximum absolute atomic E-state index is 5.82. The van der Waals surface area contributed by atoms with E-state index in [1.807, 2.05) is 42.5 Å². The minimum atomic E-state index is 0.0502. The Morgan fingerprint density at radius 1 is 1.16 bits per heavy atom. The van der Waals surface area contributed by atoms with Gasteiger partial charge < -0.3 is 10.2 Å². The highest BCUT2D eigenvalue weighted by atomic mass is 32.2. The summed E-state index contributed by atoms with van der Waals surface area (Å²) >= 11 is 1.50. The topological polar surface area (TPSA) is 64.9 Å². The Labute approximate surface area is 115 Å². The summed E-state index contributed by atoms with van der Waals surface area (Å²) in [6, 6.07) is 13.5. The third kappa shape index (κ3) is 2.62. The van der Waals surface area contributed by atoms with Gasteiger partial charge in [-0.05, 0) is 24.3 Å². The molecule has 0 aliphatic rings. The Balaban J connectivity index is 1.86. The number of hydrogen-bond acceptors (Lipinski definition) is 5. The van der Waals surface area contributed by atoms with Crippen molar-refractivity contribution >= 4 is 22.9 Å². The molecule has 19 heavy (non-hydrogen) atoms. The molecule has 5 heteroatoms. The van der Waals surface area contributed by atoms with Crippen molar-refractivity contribution in [2.45, 2.75) is 10.5 Å². The predicted molar refractivity (Wildman–Crippen MR) is 75.9 cm³/mol. The number of nitrogens with two attached hydrogens (primary N) is 1.